The first-order chi connectivity index (χ1) is 10.2. The molecule has 0 N–H and O–H groups in total. The largest absolute Gasteiger partial charge is 0.352 e. The van der Waals surface area contributed by atoms with Crippen LogP contribution in [0.15, 0.2) is 42.6 Å². The summed E-state index contributed by atoms with van der Waals surface area (Å²) < 4.78 is 2.10. The molecule has 1 saturated heterocycles. The fraction of sp³-hybridized carbons (Fsp3) is 0.353. The summed E-state index contributed by atoms with van der Waals surface area (Å²) in [6.07, 6.45) is 3.03. The Kier molecular flexibility index (Phi) is 4.06. The van der Waals surface area contributed by atoms with Crippen molar-refractivity contribution in [3.05, 3.63) is 59.4 Å². The molecule has 0 spiro atoms. The Balaban J connectivity index is 1.84. The second-order valence-electron chi connectivity index (χ2n) is 5.32. The van der Waals surface area contributed by atoms with Gasteiger partial charge in [0.05, 0.1) is 5.69 Å². The number of nitrogens with zero attached hydrogens (tertiary/aromatic N) is 2. The molecule has 110 valence electrons. The summed E-state index contributed by atoms with van der Waals surface area (Å²) in [6, 6.07) is 12.1. The van der Waals surface area contributed by atoms with Crippen molar-refractivity contribution < 1.29 is 4.79 Å². The molecule has 0 saturated carbocycles. The number of benzene rings is 1. The quantitative estimate of drug-likeness (QED) is 0.867. The van der Waals surface area contributed by atoms with E-state index in [2.05, 4.69) is 17.6 Å². The summed E-state index contributed by atoms with van der Waals surface area (Å²) in [4.78, 5) is 14.8. The first-order valence-electron chi connectivity index (χ1n) is 7.33. The molecule has 1 aromatic heterocycles. The van der Waals surface area contributed by atoms with E-state index < -0.39 is 0 Å². The predicted molar refractivity (Wildman–Crippen MR) is 87.5 cm³/mol. The summed E-state index contributed by atoms with van der Waals surface area (Å²) in [7, 11) is 2.03. The molecule has 0 radical (unpaired) electrons. The third-order valence-electron chi connectivity index (χ3n) is 4.00. The van der Waals surface area contributed by atoms with Crippen molar-refractivity contribution in [1.82, 2.24) is 9.47 Å². The maximum atomic E-state index is 12.8. The number of hydrogen-bond acceptors (Lipinski definition) is 2. The summed E-state index contributed by atoms with van der Waals surface area (Å²) in [6.45, 7) is 2.94. The van der Waals surface area contributed by atoms with E-state index in [9.17, 15) is 4.79 Å². The van der Waals surface area contributed by atoms with E-state index in [0.717, 1.165) is 24.3 Å². The molecule has 1 amide bonds. The lowest BCUT2D eigenvalue weighted by Crippen LogP contribution is -2.31. The van der Waals surface area contributed by atoms with Gasteiger partial charge < -0.3 is 9.47 Å². The molecule has 1 atom stereocenters. The Morgan fingerprint density at radius 3 is 2.67 bits per heavy atom. The SMILES string of the molecule is CCc1ccc(C(=O)N2CCS[C@H]2c2cccn2C)cc1. The number of hydrogen-bond donors (Lipinski definition) is 0. The van der Waals surface area contributed by atoms with Crippen LogP contribution < -0.4 is 0 Å². The van der Waals surface area contributed by atoms with Gasteiger partial charge >= 0.3 is 0 Å². The van der Waals surface area contributed by atoms with E-state index in [1.54, 1.807) is 0 Å². The van der Waals surface area contributed by atoms with Gasteiger partial charge in [-0.2, -0.15) is 0 Å². The highest BCUT2D eigenvalue weighted by molar-refractivity contribution is 7.99. The Labute approximate surface area is 130 Å². The predicted octanol–water partition coefficient (Wildman–Crippen LogP) is 3.48. The van der Waals surface area contributed by atoms with E-state index in [1.807, 2.05) is 60.2 Å². The van der Waals surface area contributed by atoms with Crippen LogP contribution in [0.2, 0.25) is 0 Å². The van der Waals surface area contributed by atoms with Crippen molar-refractivity contribution in [2.24, 2.45) is 7.05 Å². The first kappa shape index (κ1) is 14.3. The summed E-state index contributed by atoms with van der Waals surface area (Å²) >= 11 is 1.84. The van der Waals surface area contributed by atoms with Crippen LogP contribution in [0.1, 0.15) is 33.9 Å². The van der Waals surface area contributed by atoms with E-state index in [4.69, 9.17) is 0 Å². The van der Waals surface area contributed by atoms with Gasteiger partial charge in [-0.05, 0) is 36.2 Å². The van der Waals surface area contributed by atoms with Crippen molar-refractivity contribution >= 4 is 17.7 Å². The molecule has 1 aliphatic heterocycles. The van der Waals surface area contributed by atoms with Gasteiger partial charge in [0.15, 0.2) is 0 Å². The van der Waals surface area contributed by atoms with Crippen molar-refractivity contribution in [3.63, 3.8) is 0 Å². The average molecular weight is 300 g/mol. The molecule has 3 nitrogen and oxygen atoms in total. The molecule has 0 aliphatic carbocycles. The Morgan fingerprint density at radius 2 is 2.05 bits per heavy atom. The molecule has 1 aliphatic rings. The molecule has 1 fully saturated rings. The van der Waals surface area contributed by atoms with Gasteiger partial charge in [-0.25, -0.2) is 0 Å². The summed E-state index contributed by atoms with van der Waals surface area (Å²) in [5, 5.41) is 0.128. The Morgan fingerprint density at radius 1 is 1.29 bits per heavy atom. The van der Waals surface area contributed by atoms with E-state index in [0.29, 0.717) is 0 Å². The molecule has 4 heteroatoms. The van der Waals surface area contributed by atoms with Crippen LogP contribution in [-0.2, 0) is 13.5 Å². The van der Waals surface area contributed by atoms with E-state index in [1.165, 1.54) is 11.3 Å². The number of aromatic nitrogens is 1. The number of carbonyl (C=O) groups excluding carboxylic acids is 1. The van der Waals surface area contributed by atoms with Crippen molar-refractivity contribution in [2.75, 3.05) is 12.3 Å². The highest BCUT2D eigenvalue weighted by atomic mass is 32.2. The molecule has 1 aromatic carbocycles. The Hall–Kier alpha value is -1.68. The lowest BCUT2D eigenvalue weighted by Gasteiger charge is -2.24. The Bertz CT molecular complexity index is 632. The molecule has 3 rings (SSSR count). The highest BCUT2D eigenvalue weighted by Crippen LogP contribution is 2.38. The number of thioether (sulfide) groups is 1. The van der Waals surface area contributed by atoms with Gasteiger partial charge in [-0.15, -0.1) is 11.8 Å². The van der Waals surface area contributed by atoms with Crippen LogP contribution in [0.5, 0.6) is 0 Å². The van der Waals surface area contributed by atoms with Crippen LogP contribution in [-0.4, -0.2) is 27.7 Å². The van der Waals surface area contributed by atoms with E-state index in [-0.39, 0.29) is 11.3 Å². The molecule has 2 heterocycles. The van der Waals surface area contributed by atoms with Crippen molar-refractivity contribution in [2.45, 2.75) is 18.7 Å². The van der Waals surface area contributed by atoms with Gasteiger partial charge in [0.2, 0.25) is 0 Å². The highest BCUT2D eigenvalue weighted by Gasteiger charge is 2.32. The minimum absolute atomic E-state index is 0.128. The number of amides is 1. The maximum absolute atomic E-state index is 12.8. The smallest absolute Gasteiger partial charge is 0.255 e. The third-order valence-corrected chi connectivity index (χ3v) is 5.23. The van der Waals surface area contributed by atoms with Gasteiger partial charge in [-0.3, -0.25) is 4.79 Å². The zero-order chi connectivity index (χ0) is 14.8. The molecule has 0 unspecified atom stereocenters. The average Bonchev–Trinajstić information content (AvgIpc) is 3.14. The molecule has 2 aromatic rings. The topological polar surface area (TPSA) is 25.2 Å². The van der Waals surface area contributed by atoms with Crippen LogP contribution in [0.4, 0.5) is 0 Å². The monoisotopic (exact) mass is 300 g/mol. The second-order valence-corrected chi connectivity index (χ2v) is 6.50. The minimum Gasteiger partial charge on any atom is -0.352 e. The fourth-order valence-electron chi connectivity index (χ4n) is 2.70. The maximum Gasteiger partial charge on any atom is 0.255 e. The molecule has 0 bridgehead atoms. The number of rotatable bonds is 3. The summed E-state index contributed by atoms with van der Waals surface area (Å²) in [5.41, 5.74) is 3.24. The normalized spacial score (nSPS) is 18.2. The second kappa shape index (κ2) is 5.98. The van der Waals surface area contributed by atoms with Crippen LogP contribution >= 0.6 is 11.8 Å². The molecule has 21 heavy (non-hydrogen) atoms. The van der Waals surface area contributed by atoms with Crippen molar-refractivity contribution in [3.8, 4) is 0 Å². The van der Waals surface area contributed by atoms with Crippen molar-refractivity contribution in [1.29, 1.82) is 0 Å². The van der Waals surface area contributed by atoms with Crippen LogP contribution in [0.25, 0.3) is 0 Å². The van der Waals surface area contributed by atoms with Gasteiger partial charge in [0, 0.05) is 31.1 Å². The third kappa shape index (κ3) is 2.72. The van der Waals surface area contributed by atoms with Gasteiger partial charge in [0.25, 0.3) is 5.91 Å². The fourth-order valence-corrected chi connectivity index (χ4v) is 4.02. The zero-order valence-electron chi connectivity index (χ0n) is 12.5. The lowest BCUT2D eigenvalue weighted by atomic mass is 10.1. The molecular weight excluding hydrogens is 280 g/mol. The minimum atomic E-state index is 0.128. The van der Waals surface area contributed by atoms with Crippen LogP contribution in [0, 0.1) is 0 Å². The van der Waals surface area contributed by atoms with Crippen LogP contribution in [0.3, 0.4) is 0 Å². The van der Waals surface area contributed by atoms with E-state index >= 15 is 0 Å². The number of carbonyl (C=O) groups is 1. The lowest BCUT2D eigenvalue weighted by molar-refractivity contribution is 0.0757. The molecular formula is C17H20N2OS. The van der Waals surface area contributed by atoms with Gasteiger partial charge in [-0.1, -0.05) is 19.1 Å². The number of aryl methyl sites for hydroxylation is 2. The first-order valence-corrected chi connectivity index (χ1v) is 8.38. The summed E-state index contributed by atoms with van der Waals surface area (Å²) in [5.74, 6) is 1.13. The standard InChI is InChI=1S/C17H20N2OS/c1-3-13-6-8-14(9-7-13)16(20)19-11-12-21-17(19)15-5-4-10-18(15)2/h4-10,17H,3,11-12H2,1-2H3/t17-/m0/s1. The zero-order valence-corrected chi connectivity index (χ0v) is 13.3. The van der Waals surface area contributed by atoms with Gasteiger partial charge in [0.1, 0.15) is 5.37 Å².